The molecule has 1 N–H and O–H groups in total. The van der Waals surface area contributed by atoms with Crippen molar-refractivity contribution in [2.75, 3.05) is 21.3 Å². The molecule has 1 aromatic heterocycles. The molecule has 0 unspecified atom stereocenters. The Hall–Kier alpha value is -3.61. The van der Waals surface area contributed by atoms with Gasteiger partial charge in [-0.15, -0.1) is 0 Å². The second-order valence-electron chi connectivity index (χ2n) is 6.48. The first kappa shape index (κ1) is 20.1. The van der Waals surface area contributed by atoms with Gasteiger partial charge in [-0.25, -0.2) is 5.43 Å². The molecule has 29 heavy (non-hydrogen) atoms. The minimum absolute atomic E-state index is 0.331. The molecule has 3 aromatic rings. The van der Waals surface area contributed by atoms with E-state index in [4.69, 9.17) is 14.2 Å². The first-order valence-electron chi connectivity index (χ1n) is 8.98. The zero-order valence-corrected chi connectivity index (χ0v) is 17.1. The van der Waals surface area contributed by atoms with Crippen LogP contribution in [0.15, 0.2) is 41.5 Å². The van der Waals surface area contributed by atoms with Gasteiger partial charge < -0.3 is 14.2 Å². The maximum atomic E-state index is 12.6. The van der Waals surface area contributed by atoms with E-state index in [0.29, 0.717) is 34.1 Å². The normalized spacial score (nSPS) is 10.9. The van der Waals surface area contributed by atoms with Crippen LogP contribution in [0.5, 0.6) is 17.2 Å². The first-order valence-corrected chi connectivity index (χ1v) is 8.98. The maximum Gasteiger partial charge on any atom is 0.273 e. The Labute approximate surface area is 169 Å². The average Bonchev–Trinajstić information content (AvgIpc) is 2.72. The Bertz CT molecular complexity index is 1070. The third-order valence-corrected chi connectivity index (χ3v) is 4.47. The predicted octanol–water partition coefficient (Wildman–Crippen LogP) is 3.64. The minimum atomic E-state index is -0.331. The summed E-state index contributed by atoms with van der Waals surface area (Å²) in [7, 11) is 4.62. The minimum Gasteiger partial charge on any atom is -0.493 e. The maximum absolute atomic E-state index is 12.6. The highest BCUT2D eigenvalue weighted by molar-refractivity contribution is 5.99. The van der Waals surface area contributed by atoms with Crippen LogP contribution in [0.3, 0.4) is 0 Å². The molecule has 0 fully saturated rings. The summed E-state index contributed by atoms with van der Waals surface area (Å²) in [5.74, 6) is 1.17. The lowest BCUT2D eigenvalue weighted by molar-refractivity contribution is 0.0954. The molecule has 7 heteroatoms. The molecule has 1 amide bonds. The van der Waals surface area contributed by atoms with Gasteiger partial charge >= 0.3 is 0 Å². The number of hydrogen-bond acceptors (Lipinski definition) is 6. The van der Waals surface area contributed by atoms with Crippen LogP contribution < -0.4 is 19.6 Å². The number of aryl methyl sites for hydroxylation is 2. The summed E-state index contributed by atoms with van der Waals surface area (Å²) in [5, 5.41) is 4.97. The molecular formula is C22H23N3O4. The van der Waals surface area contributed by atoms with Crippen LogP contribution in [0.25, 0.3) is 10.9 Å². The predicted molar refractivity (Wildman–Crippen MR) is 112 cm³/mol. The fourth-order valence-electron chi connectivity index (χ4n) is 3.02. The number of ether oxygens (including phenoxy) is 3. The van der Waals surface area contributed by atoms with E-state index in [9.17, 15) is 4.79 Å². The summed E-state index contributed by atoms with van der Waals surface area (Å²) < 4.78 is 15.9. The van der Waals surface area contributed by atoms with Gasteiger partial charge in [-0.1, -0.05) is 11.6 Å². The van der Waals surface area contributed by atoms with Crippen molar-refractivity contribution in [1.82, 2.24) is 10.4 Å². The molecular weight excluding hydrogens is 370 g/mol. The first-order chi connectivity index (χ1) is 14.0. The molecule has 2 aromatic carbocycles. The van der Waals surface area contributed by atoms with E-state index in [0.717, 1.165) is 16.5 Å². The highest BCUT2D eigenvalue weighted by atomic mass is 16.5. The Morgan fingerprint density at radius 2 is 1.69 bits per heavy atom. The van der Waals surface area contributed by atoms with Crippen molar-refractivity contribution in [3.63, 3.8) is 0 Å². The van der Waals surface area contributed by atoms with Gasteiger partial charge in [-0.3, -0.25) is 9.78 Å². The molecule has 3 rings (SSSR count). The van der Waals surface area contributed by atoms with Gasteiger partial charge in [0.15, 0.2) is 11.5 Å². The summed E-state index contributed by atoms with van der Waals surface area (Å²) in [6.45, 7) is 3.80. The summed E-state index contributed by atoms with van der Waals surface area (Å²) in [6.07, 6.45) is 1.51. The van der Waals surface area contributed by atoms with Crippen LogP contribution >= 0.6 is 0 Å². The van der Waals surface area contributed by atoms with Crippen LogP contribution in [0.2, 0.25) is 0 Å². The number of aromatic nitrogens is 1. The molecule has 0 spiro atoms. The van der Waals surface area contributed by atoms with Crippen molar-refractivity contribution in [2.45, 2.75) is 13.8 Å². The van der Waals surface area contributed by atoms with Gasteiger partial charge in [0.25, 0.3) is 5.91 Å². The number of rotatable bonds is 6. The lowest BCUT2D eigenvalue weighted by Crippen LogP contribution is -2.19. The smallest absolute Gasteiger partial charge is 0.273 e. The molecule has 7 nitrogen and oxygen atoms in total. The molecule has 0 bridgehead atoms. The van der Waals surface area contributed by atoms with E-state index in [-0.39, 0.29) is 5.91 Å². The number of carbonyl (C=O) groups is 1. The van der Waals surface area contributed by atoms with Crippen LogP contribution in [0, 0.1) is 13.8 Å². The molecule has 0 saturated heterocycles. The molecule has 0 saturated carbocycles. The lowest BCUT2D eigenvalue weighted by Gasteiger charge is -2.12. The number of methoxy groups -OCH3 is 3. The number of carbonyl (C=O) groups excluding carboxylic acids is 1. The van der Waals surface area contributed by atoms with Crippen molar-refractivity contribution in [1.29, 1.82) is 0 Å². The summed E-state index contributed by atoms with van der Waals surface area (Å²) in [4.78, 5) is 17.1. The number of fused-ring (bicyclic) bond motifs is 1. The number of hydrogen-bond donors (Lipinski definition) is 1. The van der Waals surface area contributed by atoms with Gasteiger partial charge in [-0.2, -0.15) is 5.10 Å². The largest absolute Gasteiger partial charge is 0.493 e. The number of nitrogens with zero attached hydrogens (tertiary/aromatic N) is 2. The second-order valence-corrected chi connectivity index (χ2v) is 6.48. The Morgan fingerprint density at radius 1 is 1.00 bits per heavy atom. The van der Waals surface area contributed by atoms with Gasteiger partial charge in [0.1, 0.15) is 0 Å². The molecule has 0 aliphatic carbocycles. The van der Waals surface area contributed by atoms with E-state index in [1.165, 1.54) is 27.5 Å². The number of hydrazone groups is 1. The monoisotopic (exact) mass is 393 g/mol. The Balaban J connectivity index is 1.83. The number of benzene rings is 2. The highest BCUT2D eigenvalue weighted by Gasteiger charge is 2.13. The molecule has 0 aliphatic heterocycles. The summed E-state index contributed by atoms with van der Waals surface area (Å²) in [5.41, 5.74) is 6.31. The van der Waals surface area contributed by atoms with Crippen LogP contribution in [-0.4, -0.2) is 38.4 Å². The fraction of sp³-hybridized carbons (Fsp3) is 0.227. The molecule has 0 aliphatic rings. The van der Waals surface area contributed by atoms with Crippen molar-refractivity contribution in [2.24, 2.45) is 5.10 Å². The molecule has 0 atom stereocenters. The van der Waals surface area contributed by atoms with Crippen LogP contribution in [0.4, 0.5) is 0 Å². The van der Waals surface area contributed by atoms with E-state index < -0.39 is 0 Å². The quantitative estimate of drug-likeness (QED) is 0.511. The van der Waals surface area contributed by atoms with Crippen molar-refractivity contribution >= 4 is 23.0 Å². The van der Waals surface area contributed by atoms with Crippen molar-refractivity contribution in [3.05, 3.63) is 58.8 Å². The molecule has 0 radical (unpaired) electrons. The van der Waals surface area contributed by atoms with E-state index in [1.807, 2.05) is 31.2 Å². The van der Waals surface area contributed by atoms with Gasteiger partial charge in [0.05, 0.1) is 44.3 Å². The molecule has 1 heterocycles. The number of pyridine rings is 1. The van der Waals surface area contributed by atoms with Crippen LogP contribution in [0.1, 0.15) is 27.2 Å². The van der Waals surface area contributed by atoms with E-state index in [2.05, 4.69) is 15.5 Å². The fourth-order valence-corrected chi connectivity index (χ4v) is 3.02. The van der Waals surface area contributed by atoms with Gasteiger partial charge in [0.2, 0.25) is 5.75 Å². The Kier molecular flexibility index (Phi) is 5.97. The summed E-state index contributed by atoms with van der Waals surface area (Å²) in [6, 6.07) is 11.2. The second kappa shape index (κ2) is 8.60. The topological polar surface area (TPSA) is 82.0 Å². The molecule has 150 valence electrons. The zero-order chi connectivity index (χ0) is 21.0. The van der Waals surface area contributed by atoms with Gasteiger partial charge in [0, 0.05) is 10.9 Å². The zero-order valence-electron chi connectivity index (χ0n) is 17.1. The van der Waals surface area contributed by atoms with Crippen LogP contribution in [-0.2, 0) is 0 Å². The standard InChI is InChI=1S/C22H23N3O4/c1-13-6-7-18-16(8-13)11-17(14(2)24-18)22(26)25-23-12-15-9-19(27-3)21(29-5)20(10-15)28-4/h6-12H,1-5H3,(H,25,26). The average molecular weight is 393 g/mol. The number of amides is 1. The van der Waals surface area contributed by atoms with Crippen molar-refractivity contribution in [3.8, 4) is 17.2 Å². The SMILES string of the molecule is COc1cc(C=NNC(=O)c2cc3cc(C)ccc3nc2C)cc(OC)c1OC. The third kappa shape index (κ3) is 4.29. The van der Waals surface area contributed by atoms with E-state index in [1.54, 1.807) is 19.1 Å². The van der Waals surface area contributed by atoms with Gasteiger partial charge in [-0.05, 0) is 44.2 Å². The third-order valence-electron chi connectivity index (χ3n) is 4.47. The Morgan fingerprint density at radius 3 is 2.31 bits per heavy atom. The highest BCUT2D eigenvalue weighted by Crippen LogP contribution is 2.37. The number of nitrogens with one attached hydrogen (secondary N) is 1. The lowest BCUT2D eigenvalue weighted by atomic mass is 10.1. The van der Waals surface area contributed by atoms with Crippen molar-refractivity contribution < 1.29 is 19.0 Å². The van der Waals surface area contributed by atoms with E-state index >= 15 is 0 Å². The summed E-state index contributed by atoms with van der Waals surface area (Å²) >= 11 is 0.